The Hall–Kier alpha value is -3.06. The van der Waals surface area contributed by atoms with Crippen LogP contribution in [-0.2, 0) is 9.53 Å². The largest absolute Gasteiger partial charge is 0.485 e. The van der Waals surface area contributed by atoms with Gasteiger partial charge in [0.05, 0.1) is 18.9 Å². The molecule has 7 nitrogen and oxygen atoms in total. The van der Waals surface area contributed by atoms with Crippen molar-refractivity contribution in [2.75, 3.05) is 37.8 Å². The smallest absolute Gasteiger partial charge is 0.284 e. The molecule has 0 aromatic heterocycles. The monoisotopic (exact) mass is 381 g/mol. The van der Waals surface area contributed by atoms with Gasteiger partial charge in [-0.3, -0.25) is 4.79 Å². The fraction of sp³-hybridized carbons (Fsp3) is 0.333. The average molecular weight is 381 g/mol. The molecule has 146 valence electrons. The van der Waals surface area contributed by atoms with Crippen LogP contribution in [0.5, 0.6) is 11.5 Å². The Morgan fingerprint density at radius 2 is 1.79 bits per heavy atom. The molecule has 1 amide bonds. The minimum Gasteiger partial charge on any atom is -0.485 e. The lowest BCUT2D eigenvalue weighted by molar-refractivity contribution is -0.130. The van der Waals surface area contributed by atoms with Crippen LogP contribution in [0.25, 0.3) is 0 Å². The third-order valence-corrected chi connectivity index (χ3v) is 4.80. The number of rotatable bonds is 4. The first-order valence-electron chi connectivity index (χ1n) is 9.36. The molecular weight excluding hydrogens is 358 g/mol. The van der Waals surface area contributed by atoms with E-state index in [1.807, 2.05) is 37.3 Å². The van der Waals surface area contributed by atoms with Crippen molar-refractivity contribution in [3.63, 3.8) is 0 Å². The Balaban J connectivity index is 1.36. The van der Waals surface area contributed by atoms with Gasteiger partial charge in [0.15, 0.2) is 11.5 Å². The van der Waals surface area contributed by atoms with E-state index in [2.05, 4.69) is 27.6 Å². The van der Waals surface area contributed by atoms with Crippen molar-refractivity contribution >= 4 is 17.3 Å². The van der Waals surface area contributed by atoms with E-state index in [0.29, 0.717) is 11.5 Å². The number of ether oxygens (including phenoxy) is 3. The maximum Gasteiger partial charge on any atom is 0.284 e. The molecule has 2 aliphatic rings. The Morgan fingerprint density at radius 3 is 2.54 bits per heavy atom. The zero-order valence-electron chi connectivity index (χ0n) is 15.8. The fourth-order valence-corrected chi connectivity index (χ4v) is 3.16. The van der Waals surface area contributed by atoms with Gasteiger partial charge in [-0.25, -0.2) is 5.43 Å². The van der Waals surface area contributed by atoms with Gasteiger partial charge in [0, 0.05) is 18.8 Å². The van der Waals surface area contributed by atoms with Crippen LogP contribution < -0.4 is 19.8 Å². The molecule has 0 aliphatic carbocycles. The van der Waals surface area contributed by atoms with Gasteiger partial charge in [-0.1, -0.05) is 24.3 Å². The van der Waals surface area contributed by atoms with Crippen LogP contribution in [0.4, 0.5) is 5.69 Å². The quantitative estimate of drug-likeness (QED) is 0.649. The molecule has 0 bridgehead atoms. The van der Waals surface area contributed by atoms with E-state index in [-0.39, 0.29) is 12.5 Å². The van der Waals surface area contributed by atoms with E-state index < -0.39 is 6.10 Å². The number of carbonyl (C=O) groups is 1. The number of para-hydroxylation sites is 2. The number of hydrogen-bond donors (Lipinski definition) is 1. The molecule has 0 saturated carbocycles. The van der Waals surface area contributed by atoms with Gasteiger partial charge in [0.2, 0.25) is 6.10 Å². The second-order valence-electron chi connectivity index (χ2n) is 6.68. The molecule has 1 saturated heterocycles. The Kier molecular flexibility index (Phi) is 5.43. The molecule has 0 spiro atoms. The minimum absolute atomic E-state index is 0.158. The molecule has 1 N–H and O–H groups in total. The summed E-state index contributed by atoms with van der Waals surface area (Å²) in [6.45, 7) is 5.32. The molecule has 1 fully saturated rings. The summed E-state index contributed by atoms with van der Waals surface area (Å²) in [4.78, 5) is 14.7. The van der Waals surface area contributed by atoms with Gasteiger partial charge >= 0.3 is 0 Å². The van der Waals surface area contributed by atoms with Gasteiger partial charge in [0.25, 0.3) is 5.91 Å². The zero-order chi connectivity index (χ0) is 19.3. The number of amides is 1. The number of hydrogen-bond acceptors (Lipinski definition) is 6. The van der Waals surface area contributed by atoms with Gasteiger partial charge in [0.1, 0.15) is 6.61 Å². The van der Waals surface area contributed by atoms with E-state index in [4.69, 9.17) is 14.2 Å². The van der Waals surface area contributed by atoms with Crippen molar-refractivity contribution in [3.8, 4) is 11.5 Å². The van der Waals surface area contributed by atoms with Crippen molar-refractivity contribution < 1.29 is 19.0 Å². The topological polar surface area (TPSA) is 72.4 Å². The number of benzene rings is 2. The molecule has 2 heterocycles. The van der Waals surface area contributed by atoms with Gasteiger partial charge in [-0.15, -0.1) is 0 Å². The molecule has 2 aromatic rings. The highest BCUT2D eigenvalue weighted by Gasteiger charge is 2.27. The molecule has 28 heavy (non-hydrogen) atoms. The first-order chi connectivity index (χ1) is 13.7. The number of nitrogens with one attached hydrogen (secondary N) is 1. The molecular formula is C21H23N3O4. The standard InChI is InChI=1S/C21H23N3O4/c1-15(16-6-8-17(9-7-16)24-10-12-26-13-11-24)22-23-21(25)20-14-27-18-4-2-3-5-19(18)28-20/h2-9,20H,10-14H2,1H3,(H,23,25)/b22-15-/t20-/m1/s1. The third-order valence-electron chi connectivity index (χ3n) is 4.80. The van der Waals surface area contributed by atoms with Gasteiger partial charge < -0.3 is 19.1 Å². The van der Waals surface area contributed by atoms with Crippen molar-refractivity contribution in [1.82, 2.24) is 5.43 Å². The summed E-state index contributed by atoms with van der Waals surface area (Å²) in [7, 11) is 0. The van der Waals surface area contributed by atoms with Crippen LogP contribution in [0.15, 0.2) is 53.6 Å². The predicted octanol–water partition coefficient (Wildman–Crippen LogP) is 2.20. The summed E-state index contributed by atoms with van der Waals surface area (Å²) >= 11 is 0. The summed E-state index contributed by atoms with van der Waals surface area (Å²) in [5.74, 6) is 0.874. The highest BCUT2D eigenvalue weighted by Crippen LogP contribution is 2.30. The lowest BCUT2D eigenvalue weighted by Gasteiger charge is -2.28. The van der Waals surface area contributed by atoms with E-state index >= 15 is 0 Å². The molecule has 7 heteroatoms. The number of nitrogens with zero attached hydrogens (tertiary/aromatic N) is 2. The molecule has 0 unspecified atom stereocenters. The highest BCUT2D eigenvalue weighted by molar-refractivity contribution is 5.99. The maximum absolute atomic E-state index is 12.4. The van der Waals surface area contributed by atoms with Crippen LogP contribution in [0.2, 0.25) is 0 Å². The Bertz CT molecular complexity index is 860. The SMILES string of the molecule is C/C(=N/NC(=O)[C@H]1COc2ccccc2O1)c1ccc(N2CCOCC2)cc1. The van der Waals surface area contributed by atoms with Gasteiger partial charge in [-0.05, 0) is 36.8 Å². The lowest BCUT2D eigenvalue weighted by Crippen LogP contribution is -2.42. The third kappa shape index (κ3) is 4.09. The van der Waals surface area contributed by atoms with Crippen LogP contribution in [0.3, 0.4) is 0 Å². The number of morpholine rings is 1. The van der Waals surface area contributed by atoms with E-state index in [1.54, 1.807) is 6.07 Å². The van der Waals surface area contributed by atoms with Gasteiger partial charge in [-0.2, -0.15) is 5.10 Å². The molecule has 2 aliphatic heterocycles. The normalized spacial score (nSPS) is 19.2. The van der Waals surface area contributed by atoms with E-state index in [9.17, 15) is 4.79 Å². The van der Waals surface area contributed by atoms with Crippen LogP contribution >= 0.6 is 0 Å². The molecule has 4 rings (SSSR count). The predicted molar refractivity (Wildman–Crippen MR) is 106 cm³/mol. The second kappa shape index (κ2) is 8.31. The number of hydrazone groups is 1. The zero-order valence-corrected chi connectivity index (χ0v) is 15.8. The average Bonchev–Trinajstić information content (AvgIpc) is 2.77. The van der Waals surface area contributed by atoms with Crippen LogP contribution in [-0.4, -0.2) is 50.6 Å². The van der Waals surface area contributed by atoms with E-state index in [0.717, 1.165) is 43.3 Å². The van der Waals surface area contributed by atoms with Crippen LogP contribution in [0.1, 0.15) is 12.5 Å². The minimum atomic E-state index is -0.727. The Labute approximate surface area is 163 Å². The summed E-state index contributed by atoms with van der Waals surface area (Å²) in [6.07, 6.45) is -0.727. The Morgan fingerprint density at radius 1 is 1.07 bits per heavy atom. The first-order valence-corrected chi connectivity index (χ1v) is 9.36. The maximum atomic E-state index is 12.4. The number of anilines is 1. The summed E-state index contributed by atoms with van der Waals surface area (Å²) < 4.78 is 16.7. The molecule has 0 radical (unpaired) electrons. The van der Waals surface area contributed by atoms with Crippen molar-refractivity contribution in [2.24, 2.45) is 5.10 Å². The van der Waals surface area contributed by atoms with Crippen LogP contribution in [0, 0.1) is 0 Å². The fourth-order valence-electron chi connectivity index (χ4n) is 3.16. The van der Waals surface area contributed by atoms with Crippen molar-refractivity contribution in [3.05, 3.63) is 54.1 Å². The summed E-state index contributed by atoms with van der Waals surface area (Å²) in [5, 5.41) is 4.22. The van der Waals surface area contributed by atoms with Crippen molar-refractivity contribution in [2.45, 2.75) is 13.0 Å². The summed E-state index contributed by atoms with van der Waals surface area (Å²) in [5.41, 5.74) is 5.41. The summed E-state index contributed by atoms with van der Waals surface area (Å²) in [6, 6.07) is 15.4. The first kappa shape index (κ1) is 18.3. The number of carbonyl (C=O) groups excluding carboxylic acids is 1. The molecule has 1 atom stereocenters. The number of fused-ring (bicyclic) bond motifs is 1. The van der Waals surface area contributed by atoms with E-state index in [1.165, 1.54) is 0 Å². The molecule has 2 aromatic carbocycles. The lowest BCUT2D eigenvalue weighted by atomic mass is 10.1. The van der Waals surface area contributed by atoms with Crippen molar-refractivity contribution in [1.29, 1.82) is 0 Å². The second-order valence-corrected chi connectivity index (χ2v) is 6.68. The highest BCUT2D eigenvalue weighted by atomic mass is 16.6.